The molecular weight excluding hydrogens is 216 g/mol. The van der Waals surface area contributed by atoms with Crippen molar-refractivity contribution in [2.75, 3.05) is 17.6 Å². The Morgan fingerprint density at radius 3 is 3.00 bits per heavy atom. The molecule has 0 spiro atoms. The van der Waals surface area contributed by atoms with Crippen molar-refractivity contribution in [1.82, 2.24) is 9.97 Å². The predicted molar refractivity (Wildman–Crippen MR) is 66.7 cm³/mol. The van der Waals surface area contributed by atoms with Crippen LogP contribution in [0, 0.1) is 6.92 Å². The summed E-state index contributed by atoms with van der Waals surface area (Å²) in [6, 6.07) is 5.62. The number of furan rings is 1. The molecule has 0 radical (unpaired) electrons. The van der Waals surface area contributed by atoms with E-state index >= 15 is 0 Å². The first-order valence-electron chi connectivity index (χ1n) is 5.61. The summed E-state index contributed by atoms with van der Waals surface area (Å²) in [4.78, 5) is 8.26. The average Bonchev–Trinajstić information content (AvgIpc) is 2.76. The number of nitrogens with one attached hydrogen (secondary N) is 1. The first kappa shape index (κ1) is 11.4. The lowest BCUT2D eigenvalue weighted by Gasteiger charge is -2.06. The van der Waals surface area contributed by atoms with Gasteiger partial charge in [0, 0.05) is 19.0 Å². The zero-order valence-electron chi connectivity index (χ0n) is 9.81. The van der Waals surface area contributed by atoms with Crippen LogP contribution in [0.4, 0.5) is 11.6 Å². The van der Waals surface area contributed by atoms with Crippen LogP contribution in [0.2, 0.25) is 0 Å². The maximum Gasteiger partial charge on any atom is 0.131 e. The molecule has 0 saturated carbocycles. The first-order valence-corrected chi connectivity index (χ1v) is 5.61. The van der Waals surface area contributed by atoms with Crippen LogP contribution in [0.5, 0.6) is 0 Å². The molecule has 0 bridgehead atoms. The van der Waals surface area contributed by atoms with Gasteiger partial charge in [0.25, 0.3) is 0 Å². The number of aryl methyl sites for hydroxylation is 2. The van der Waals surface area contributed by atoms with Gasteiger partial charge in [0.2, 0.25) is 0 Å². The van der Waals surface area contributed by atoms with Gasteiger partial charge in [0.05, 0.1) is 6.26 Å². The van der Waals surface area contributed by atoms with Crippen LogP contribution in [-0.4, -0.2) is 16.5 Å². The van der Waals surface area contributed by atoms with E-state index in [1.165, 1.54) is 0 Å². The highest BCUT2D eigenvalue weighted by atomic mass is 16.3. The maximum atomic E-state index is 5.63. The lowest BCUT2D eigenvalue weighted by Crippen LogP contribution is -2.07. The highest BCUT2D eigenvalue weighted by Crippen LogP contribution is 2.08. The van der Waals surface area contributed by atoms with Crippen molar-refractivity contribution in [3.05, 3.63) is 36.0 Å². The van der Waals surface area contributed by atoms with Gasteiger partial charge in [0.1, 0.15) is 23.2 Å². The number of aromatic nitrogens is 2. The van der Waals surface area contributed by atoms with E-state index in [2.05, 4.69) is 15.3 Å². The third kappa shape index (κ3) is 3.48. The van der Waals surface area contributed by atoms with Crippen molar-refractivity contribution in [1.29, 1.82) is 0 Å². The second kappa shape index (κ2) is 5.34. The molecule has 90 valence electrons. The minimum absolute atomic E-state index is 0.492. The molecule has 3 N–H and O–H groups in total. The largest absolute Gasteiger partial charge is 0.469 e. The van der Waals surface area contributed by atoms with Gasteiger partial charge >= 0.3 is 0 Å². The van der Waals surface area contributed by atoms with Crippen molar-refractivity contribution in [3.8, 4) is 0 Å². The van der Waals surface area contributed by atoms with Gasteiger partial charge in [-0.05, 0) is 25.5 Å². The molecule has 5 nitrogen and oxygen atoms in total. The fraction of sp³-hybridized carbons (Fsp3) is 0.333. The fourth-order valence-electron chi connectivity index (χ4n) is 1.62. The predicted octanol–water partition coefficient (Wildman–Crippen LogP) is 2.00. The molecular formula is C12H16N4O. The van der Waals surface area contributed by atoms with E-state index in [1.54, 1.807) is 12.3 Å². The van der Waals surface area contributed by atoms with Crippen molar-refractivity contribution >= 4 is 11.6 Å². The summed E-state index contributed by atoms with van der Waals surface area (Å²) in [5.41, 5.74) is 5.63. The van der Waals surface area contributed by atoms with Crippen molar-refractivity contribution in [3.63, 3.8) is 0 Å². The Labute approximate surface area is 100 Å². The summed E-state index contributed by atoms with van der Waals surface area (Å²) in [5, 5.41) is 3.22. The van der Waals surface area contributed by atoms with E-state index in [9.17, 15) is 0 Å². The minimum Gasteiger partial charge on any atom is -0.469 e. The second-order valence-corrected chi connectivity index (χ2v) is 3.83. The summed E-state index contributed by atoms with van der Waals surface area (Å²) < 4.78 is 5.25. The zero-order chi connectivity index (χ0) is 12.1. The van der Waals surface area contributed by atoms with E-state index in [4.69, 9.17) is 10.2 Å². The molecule has 0 atom stereocenters. The molecule has 0 aliphatic carbocycles. The highest BCUT2D eigenvalue weighted by Gasteiger charge is 1.99. The molecule has 2 aromatic rings. The van der Waals surface area contributed by atoms with E-state index < -0.39 is 0 Å². The van der Waals surface area contributed by atoms with Crippen LogP contribution in [-0.2, 0) is 6.42 Å². The third-order valence-electron chi connectivity index (χ3n) is 2.34. The molecule has 0 amide bonds. The van der Waals surface area contributed by atoms with E-state index in [-0.39, 0.29) is 0 Å². The molecule has 0 aliphatic heterocycles. The van der Waals surface area contributed by atoms with Crippen LogP contribution in [0.1, 0.15) is 18.0 Å². The minimum atomic E-state index is 0.492. The van der Waals surface area contributed by atoms with Crippen LogP contribution in [0.3, 0.4) is 0 Å². The van der Waals surface area contributed by atoms with Crippen molar-refractivity contribution in [2.45, 2.75) is 19.8 Å². The summed E-state index contributed by atoms with van der Waals surface area (Å²) in [5.74, 6) is 2.95. The number of rotatable bonds is 5. The first-order chi connectivity index (χ1) is 8.24. The summed E-state index contributed by atoms with van der Waals surface area (Å²) in [7, 11) is 0. The lowest BCUT2D eigenvalue weighted by molar-refractivity contribution is 0.504. The SMILES string of the molecule is Cc1nc(N)cc(NCCCc2ccco2)n1. The second-order valence-electron chi connectivity index (χ2n) is 3.83. The Balaban J connectivity index is 1.78. The highest BCUT2D eigenvalue weighted by molar-refractivity contribution is 5.44. The van der Waals surface area contributed by atoms with Gasteiger partial charge in [-0.3, -0.25) is 0 Å². The Kier molecular flexibility index (Phi) is 3.59. The molecule has 0 aromatic carbocycles. The van der Waals surface area contributed by atoms with Crippen LogP contribution >= 0.6 is 0 Å². The molecule has 0 fully saturated rings. The number of hydrogen-bond acceptors (Lipinski definition) is 5. The van der Waals surface area contributed by atoms with Gasteiger partial charge in [0.15, 0.2) is 0 Å². The Morgan fingerprint density at radius 1 is 1.41 bits per heavy atom. The number of nitrogens with zero attached hydrogens (tertiary/aromatic N) is 2. The average molecular weight is 232 g/mol. The molecule has 2 aromatic heterocycles. The van der Waals surface area contributed by atoms with E-state index in [0.717, 1.165) is 31.0 Å². The molecule has 2 rings (SSSR count). The van der Waals surface area contributed by atoms with Crippen LogP contribution in [0.15, 0.2) is 28.9 Å². The van der Waals surface area contributed by atoms with Crippen molar-refractivity contribution < 1.29 is 4.42 Å². The van der Waals surface area contributed by atoms with E-state index in [0.29, 0.717) is 11.6 Å². The molecule has 2 heterocycles. The molecule has 0 saturated heterocycles. The maximum absolute atomic E-state index is 5.63. The number of nitrogen functional groups attached to an aromatic ring is 1. The molecule has 0 unspecified atom stereocenters. The third-order valence-corrected chi connectivity index (χ3v) is 2.34. The van der Waals surface area contributed by atoms with Gasteiger partial charge in [-0.1, -0.05) is 0 Å². The lowest BCUT2D eigenvalue weighted by atomic mass is 10.2. The van der Waals surface area contributed by atoms with Crippen molar-refractivity contribution in [2.24, 2.45) is 0 Å². The van der Waals surface area contributed by atoms with E-state index in [1.807, 2.05) is 19.1 Å². The standard InChI is InChI=1S/C12H16N4O/c1-9-15-11(13)8-12(16-9)14-6-2-4-10-5-3-7-17-10/h3,5,7-8H,2,4,6H2,1H3,(H3,13,14,15,16). The Hall–Kier alpha value is -2.04. The van der Waals surface area contributed by atoms with Crippen LogP contribution < -0.4 is 11.1 Å². The summed E-state index contributed by atoms with van der Waals surface area (Å²) >= 11 is 0. The fourth-order valence-corrected chi connectivity index (χ4v) is 1.62. The molecule has 17 heavy (non-hydrogen) atoms. The monoisotopic (exact) mass is 232 g/mol. The molecule has 0 aliphatic rings. The van der Waals surface area contributed by atoms with Gasteiger partial charge in [-0.15, -0.1) is 0 Å². The number of nitrogens with two attached hydrogens (primary N) is 1. The number of anilines is 2. The Morgan fingerprint density at radius 2 is 2.29 bits per heavy atom. The van der Waals surface area contributed by atoms with Crippen LogP contribution in [0.25, 0.3) is 0 Å². The zero-order valence-corrected chi connectivity index (χ0v) is 9.81. The molecule has 5 heteroatoms. The Bertz CT molecular complexity index is 447. The normalized spacial score (nSPS) is 10.4. The summed E-state index contributed by atoms with van der Waals surface area (Å²) in [6.45, 7) is 2.65. The van der Waals surface area contributed by atoms with Gasteiger partial charge in [-0.25, -0.2) is 9.97 Å². The topological polar surface area (TPSA) is 77.0 Å². The summed E-state index contributed by atoms with van der Waals surface area (Å²) in [6.07, 6.45) is 3.59. The van der Waals surface area contributed by atoms with Gasteiger partial charge in [-0.2, -0.15) is 0 Å². The smallest absolute Gasteiger partial charge is 0.131 e. The van der Waals surface area contributed by atoms with Gasteiger partial charge < -0.3 is 15.5 Å². The number of hydrogen-bond donors (Lipinski definition) is 2. The quantitative estimate of drug-likeness (QED) is 0.771.